The summed E-state index contributed by atoms with van der Waals surface area (Å²) in [7, 11) is 1.23. The minimum Gasteiger partial charge on any atom is -0.365 e. The van der Waals surface area contributed by atoms with E-state index >= 15 is 0 Å². The van der Waals surface area contributed by atoms with Crippen LogP contribution in [-0.2, 0) is 6.54 Å². The summed E-state index contributed by atoms with van der Waals surface area (Å²) in [5.74, 6) is -7.18. The molecule has 106 valence electrons. The van der Waals surface area contributed by atoms with Crippen LogP contribution in [-0.4, -0.2) is 12.0 Å². The Morgan fingerprint density at radius 3 is 2.15 bits per heavy atom. The predicted octanol–water partition coefficient (Wildman–Crippen LogP) is 3.41. The third kappa shape index (κ3) is 2.71. The Bertz CT molecular complexity index is 619. The summed E-state index contributed by atoms with van der Waals surface area (Å²) in [5.41, 5.74) is -0.497. The zero-order chi connectivity index (χ0) is 14.9. The van der Waals surface area contributed by atoms with Gasteiger partial charge in [0, 0.05) is 13.6 Å². The molecule has 0 aliphatic carbocycles. The molecule has 20 heavy (non-hydrogen) atoms. The van der Waals surface area contributed by atoms with Gasteiger partial charge in [0.2, 0.25) is 11.6 Å². The third-order valence-corrected chi connectivity index (χ3v) is 2.66. The van der Waals surface area contributed by atoms with Crippen molar-refractivity contribution in [3.05, 3.63) is 59.2 Å². The van der Waals surface area contributed by atoms with Crippen molar-refractivity contribution in [1.29, 1.82) is 0 Å². The quantitative estimate of drug-likeness (QED) is 0.635. The molecule has 0 spiro atoms. The van der Waals surface area contributed by atoms with Crippen LogP contribution in [0.15, 0.2) is 24.3 Å². The molecule has 1 heterocycles. The lowest BCUT2D eigenvalue weighted by Crippen LogP contribution is -2.21. The number of pyridine rings is 1. The van der Waals surface area contributed by atoms with E-state index in [0.717, 1.165) is 11.0 Å². The van der Waals surface area contributed by atoms with Crippen molar-refractivity contribution in [2.45, 2.75) is 6.54 Å². The van der Waals surface area contributed by atoms with Crippen molar-refractivity contribution in [3.63, 3.8) is 0 Å². The highest BCUT2D eigenvalue weighted by molar-refractivity contribution is 5.48. The lowest BCUT2D eigenvalue weighted by molar-refractivity contribution is 0.407. The van der Waals surface area contributed by atoms with Gasteiger partial charge < -0.3 is 4.90 Å². The van der Waals surface area contributed by atoms with Crippen molar-refractivity contribution in [3.8, 4) is 0 Å². The largest absolute Gasteiger partial charge is 0.365 e. The van der Waals surface area contributed by atoms with E-state index in [-0.39, 0.29) is 6.54 Å². The van der Waals surface area contributed by atoms with Gasteiger partial charge in [-0.15, -0.1) is 0 Å². The molecule has 0 saturated carbocycles. The van der Waals surface area contributed by atoms with Crippen molar-refractivity contribution in [2.75, 3.05) is 11.9 Å². The van der Waals surface area contributed by atoms with E-state index in [1.165, 1.54) is 25.2 Å². The summed E-state index contributed by atoms with van der Waals surface area (Å²) >= 11 is 0. The monoisotopic (exact) mass is 288 g/mol. The molecule has 0 bridgehead atoms. The van der Waals surface area contributed by atoms with Gasteiger partial charge in [-0.2, -0.15) is 22.5 Å². The van der Waals surface area contributed by atoms with E-state index in [4.69, 9.17) is 0 Å². The summed E-state index contributed by atoms with van der Waals surface area (Å²) in [6.45, 7) is -0.130. The predicted molar refractivity (Wildman–Crippen MR) is 62.6 cm³/mol. The molecule has 0 atom stereocenters. The highest BCUT2D eigenvalue weighted by Gasteiger charge is 2.23. The molecule has 7 heteroatoms. The van der Waals surface area contributed by atoms with Gasteiger partial charge in [0.1, 0.15) is 11.5 Å². The summed E-state index contributed by atoms with van der Waals surface area (Å²) in [4.78, 5) is 3.40. The Labute approximate surface area is 111 Å². The Hall–Kier alpha value is -2.18. The van der Waals surface area contributed by atoms with Crippen LogP contribution in [0.4, 0.5) is 27.6 Å². The molecule has 0 unspecified atom stereocenters. The van der Waals surface area contributed by atoms with Crippen LogP contribution in [0.25, 0.3) is 0 Å². The van der Waals surface area contributed by atoms with E-state index in [2.05, 4.69) is 4.98 Å². The molecule has 0 aliphatic rings. The van der Waals surface area contributed by atoms with E-state index in [1.54, 1.807) is 0 Å². The molecule has 0 N–H and O–H groups in total. The van der Waals surface area contributed by atoms with Gasteiger partial charge >= 0.3 is 0 Å². The van der Waals surface area contributed by atoms with Gasteiger partial charge in [0.15, 0.2) is 0 Å². The number of aromatic nitrogens is 1. The van der Waals surface area contributed by atoms with E-state index < -0.39 is 35.0 Å². The van der Waals surface area contributed by atoms with Crippen LogP contribution in [0, 0.1) is 29.3 Å². The molecule has 2 rings (SSSR count). The van der Waals surface area contributed by atoms with Crippen molar-refractivity contribution in [1.82, 2.24) is 4.98 Å². The molecule has 1 aromatic carbocycles. The molecule has 0 radical (unpaired) electrons. The Kier molecular flexibility index (Phi) is 3.87. The van der Waals surface area contributed by atoms with Crippen LogP contribution < -0.4 is 4.90 Å². The molecule has 0 saturated heterocycles. The number of anilines is 1. The molecule has 2 aromatic rings. The summed E-state index contributed by atoms with van der Waals surface area (Å²) in [6, 6.07) is 5.29. The molecular formula is C13H9F5N2. The molecular weight excluding hydrogens is 279 g/mol. The molecule has 0 amide bonds. The summed E-state index contributed by atoms with van der Waals surface area (Å²) in [6.07, 6.45) is 0. The lowest BCUT2D eigenvalue weighted by Gasteiger charge is -2.20. The fraction of sp³-hybridized carbons (Fsp3) is 0.154. The lowest BCUT2D eigenvalue weighted by atomic mass is 10.2. The second-order valence-corrected chi connectivity index (χ2v) is 4.16. The summed E-state index contributed by atoms with van der Waals surface area (Å²) < 4.78 is 66.0. The maximum atomic E-state index is 13.5. The molecule has 0 aliphatic heterocycles. The van der Waals surface area contributed by atoms with Crippen LogP contribution in [0.2, 0.25) is 0 Å². The maximum absolute atomic E-state index is 13.5. The number of benzene rings is 1. The van der Waals surface area contributed by atoms with E-state index in [0.29, 0.717) is 5.56 Å². The average molecular weight is 288 g/mol. The average Bonchev–Trinajstić information content (AvgIpc) is 2.36. The number of hydrogen-bond acceptors (Lipinski definition) is 2. The zero-order valence-electron chi connectivity index (χ0n) is 10.3. The first kappa shape index (κ1) is 14.2. The minimum absolute atomic E-state index is 0.130. The summed E-state index contributed by atoms with van der Waals surface area (Å²) in [5, 5.41) is 0. The Balaban J connectivity index is 2.37. The third-order valence-electron chi connectivity index (χ3n) is 2.66. The fourth-order valence-corrected chi connectivity index (χ4v) is 1.80. The van der Waals surface area contributed by atoms with Gasteiger partial charge in [-0.1, -0.05) is 12.1 Å². The van der Waals surface area contributed by atoms with Crippen LogP contribution in [0.5, 0.6) is 0 Å². The van der Waals surface area contributed by atoms with Gasteiger partial charge in [-0.25, -0.2) is 4.39 Å². The second kappa shape index (κ2) is 5.44. The smallest absolute Gasteiger partial charge is 0.253 e. The van der Waals surface area contributed by atoms with Crippen molar-refractivity contribution in [2.24, 2.45) is 0 Å². The van der Waals surface area contributed by atoms with Gasteiger partial charge in [-0.3, -0.25) is 0 Å². The number of hydrogen-bond donors (Lipinski definition) is 0. The normalized spacial score (nSPS) is 10.7. The van der Waals surface area contributed by atoms with E-state index in [9.17, 15) is 22.0 Å². The van der Waals surface area contributed by atoms with Gasteiger partial charge in [0.05, 0.1) is 0 Å². The second-order valence-electron chi connectivity index (χ2n) is 4.16. The highest BCUT2D eigenvalue weighted by atomic mass is 19.2. The van der Waals surface area contributed by atoms with Crippen molar-refractivity contribution < 1.29 is 22.0 Å². The first-order chi connectivity index (χ1) is 9.40. The standard InChI is InChI=1S/C13H9F5N2/c1-20(6-7-3-2-4-8(14)5-7)11-9(15)12(17)19-13(18)10(11)16/h2-5H,6H2,1H3. The molecule has 1 aromatic heterocycles. The number of halogens is 5. The van der Waals surface area contributed by atoms with Gasteiger partial charge in [-0.05, 0) is 17.7 Å². The van der Waals surface area contributed by atoms with Crippen molar-refractivity contribution >= 4 is 5.69 Å². The minimum atomic E-state index is -1.73. The van der Waals surface area contributed by atoms with Crippen LogP contribution >= 0.6 is 0 Å². The topological polar surface area (TPSA) is 16.1 Å². The first-order valence-corrected chi connectivity index (χ1v) is 5.55. The zero-order valence-corrected chi connectivity index (χ0v) is 10.3. The maximum Gasteiger partial charge on any atom is 0.253 e. The van der Waals surface area contributed by atoms with E-state index in [1.807, 2.05) is 0 Å². The molecule has 2 nitrogen and oxygen atoms in total. The van der Waals surface area contributed by atoms with Crippen LogP contribution in [0.3, 0.4) is 0 Å². The highest BCUT2D eigenvalue weighted by Crippen LogP contribution is 2.26. The number of nitrogens with zero attached hydrogens (tertiary/aromatic N) is 2. The SMILES string of the molecule is CN(Cc1cccc(F)c1)c1c(F)c(F)nc(F)c1F. The number of rotatable bonds is 3. The molecule has 0 fully saturated rings. The van der Waals surface area contributed by atoms with Gasteiger partial charge in [0.25, 0.3) is 11.9 Å². The first-order valence-electron chi connectivity index (χ1n) is 5.55. The Morgan fingerprint density at radius 2 is 1.60 bits per heavy atom. The Morgan fingerprint density at radius 1 is 1.00 bits per heavy atom. The van der Waals surface area contributed by atoms with Crippen LogP contribution in [0.1, 0.15) is 5.56 Å². The fourth-order valence-electron chi connectivity index (χ4n) is 1.80.